The fourth-order valence-corrected chi connectivity index (χ4v) is 8.45. The SMILES string of the molecule is CC(C)C/C=C/C(C)C1CCC2C3CC=C4CC(C)CCC4(C)C3CCC12C. The van der Waals surface area contributed by atoms with Gasteiger partial charge >= 0.3 is 0 Å². The fraction of sp³-hybridized carbons (Fsp3) is 0.857. The topological polar surface area (TPSA) is 0 Å². The van der Waals surface area contributed by atoms with E-state index in [1.54, 1.807) is 0 Å². The van der Waals surface area contributed by atoms with Gasteiger partial charge in [0, 0.05) is 0 Å². The van der Waals surface area contributed by atoms with Crippen LogP contribution in [0.1, 0.15) is 99.3 Å². The molecule has 8 unspecified atom stereocenters. The van der Waals surface area contributed by atoms with Gasteiger partial charge in [0.05, 0.1) is 0 Å². The van der Waals surface area contributed by atoms with Crippen molar-refractivity contribution in [3.8, 4) is 0 Å². The molecule has 0 aromatic carbocycles. The Bertz CT molecular complexity index is 624. The van der Waals surface area contributed by atoms with Gasteiger partial charge in [0.2, 0.25) is 0 Å². The first-order chi connectivity index (χ1) is 13.3. The van der Waals surface area contributed by atoms with E-state index in [1.807, 2.05) is 5.57 Å². The van der Waals surface area contributed by atoms with Crippen LogP contribution in [0.4, 0.5) is 0 Å². The second-order valence-corrected chi connectivity index (χ2v) is 12.3. The molecule has 28 heavy (non-hydrogen) atoms. The smallest absolute Gasteiger partial charge is 0.00851 e. The lowest BCUT2D eigenvalue weighted by Crippen LogP contribution is -2.50. The predicted octanol–water partition coefficient (Wildman–Crippen LogP) is 8.44. The summed E-state index contributed by atoms with van der Waals surface area (Å²) in [7, 11) is 0. The highest BCUT2D eigenvalue weighted by atomic mass is 14.6. The van der Waals surface area contributed by atoms with E-state index in [2.05, 4.69) is 59.8 Å². The lowest BCUT2D eigenvalue weighted by atomic mass is 9.46. The Hall–Kier alpha value is -0.520. The molecule has 8 atom stereocenters. The van der Waals surface area contributed by atoms with Crippen molar-refractivity contribution in [2.45, 2.75) is 99.3 Å². The van der Waals surface area contributed by atoms with E-state index in [1.165, 1.54) is 57.8 Å². The molecule has 0 nitrogen and oxygen atoms in total. The fourth-order valence-electron chi connectivity index (χ4n) is 8.45. The molecule has 0 saturated heterocycles. The minimum Gasteiger partial charge on any atom is -0.0880 e. The summed E-state index contributed by atoms with van der Waals surface area (Å²) in [5.41, 5.74) is 2.99. The largest absolute Gasteiger partial charge is 0.0880 e. The van der Waals surface area contributed by atoms with Crippen molar-refractivity contribution < 1.29 is 0 Å². The molecule has 0 aliphatic heterocycles. The Morgan fingerprint density at radius 3 is 2.57 bits per heavy atom. The van der Waals surface area contributed by atoms with Crippen LogP contribution < -0.4 is 0 Å². The summed E-state index contributed by atoms with van der Waals surface area (Å²) < 4.78 is 0. The first kappa shape index (κ1) is 20.7. The third kappa shape index (κ3) is 3.35. The highest BCUT2D eigenvalue weighted by Gasteiger charge is 2.58. The summed E-state index contributed by atoms with van der Waals surface area (Å²) in [5.74, 6) is 6.29. The van der Waals surface area contributed by atoms with Crippen LogP contribution in [0.3, 0.4) is 0 Å². The van der Waals surface area contributed by atoms with E-state index in [4.69, 9.17) is 0 Å². The molecular weight excluding hydrogens is 336 g/mol. The Morgan fingerprint density at radius 1 is 1.04 bits per heavy atom. The van der Waals surface area contributed by atoms with Crippen molar-refractivity contribution in [2.75, 3.05) is 0 Å². The number of hydrogen-bond acceptors (Lipinski definition) is 0. The molecule has 0 aromatic heterocycles. The van der Waals surface area contributed by atoms with E-state index in [0.29, 0.717) is 10.8 Å². The zero-order valence-corrected chi connectivity index (χ0v) is 19.6. The van der Waals surface area contributed by atoms with Gasteiger partial charge in [-0.05, 0) is 110 Å². The third-order valence-corrected chi connectivity index (χ3v) is 10.1. The van der Waals surface area contributed by atoms with Crippen LogP contribution in [0.25, 0.3) is 0 Å². The molecule has 0 heteroatoms. The van der Waals surface area contributed by atoms with Crippen molar-refractivity contribution in [1.82, 2.24) is 0 Å². The zero-order chi connectivity index (χ0) is 20.1. The molecule has 4 aliphatic carbocycles. The molecule has 4 aliphatic rings. The molecule has 0 heterocycles. The van der Waals surface area contributed by atoms with Gasteiger partial charge in [0.1, 0.15) is 0 Å². The van der Waals surface area contributed by atoms with E-state index in [9.17, 15) is 0 Å². The summed E-state index contributed by atoms with van der Waals surface area (Å²) >= 11 is 0. The number of rotatable bonds is 4. The standard InChI is InChI=1S/C28H46/c1-19(2)8-7-9-21(4)24-12-13-25-23-11-10-22-18-20(3)14-16-27(22,5)26(23)15-17-28(24,25)6/h7,9-10,19-21,23-26H,8,11-18H2,1-6H3/b9-7+. The van der Waals surface area contributed by atoms with Crippen molar-refractivity contribution in [2.24, 2.45) is 52.3 Å². The van der Waals surface area contributed by atoms with Crippen LogP contribution in [0.2, 0.25) is 0 Å². The molecule has 0 N–H and O–H groups in total. The quantitative estimate of drug-likeness (QED) is 0.428. The maximum Gasteiger partial charge on any atom is -0.00851 e. The van der Waals surface area contributed by atoms with Gasteiger partial charge in [-0.2, -0.15) is 0 Å². The van der Waals surface area contributed by atoms with Gasteiger partial charge in [0.15, 0.2) is 0 Å². The minimum absolute atomic E-state index is 0.539. The van der Waals surface area contributed by atoms with Crippen molar-refractivity contribution in [3.05, 3.63) is 23.8 Å². The van der Waals surface area contributed by atoms with E-state index in [-0.39, 0.29) is 0 Å². The molecule has 0 radical (unpaired) electrons. The molecular formula is C28H46. The average Bonchev–Trinajstić information content (AvgIpc) is 2.99. The summed E-state index contributed by atoms with van der Waals surface area (Å²) in [5, 5.41) is 0. The van der Waals surface area contributed by atoms with Gasteiger partial charge in [0.25, 0.3) is 0 Å². The molecule has 3 saturated carbocycles. The van der Waals surface area contributed by atoms with Gasteiger partial charge in [-0.1, -0.05) is 65.3 Å². The second-order valence-electron chi connectivity index (χ2n) is 12.3. The van der Waals surface area contributed by atoms with Crippen molar-refractivity contribution in [3.63, 3.8) is 0 Å². The Kier molecular flexibility index (Phi) is 5.65. The predicted molar refractivity (Wildman–Crippen MR) is 122 cm³/mol. The van der Waals surface area contributed by atoms with Crippen LogP contribution in [-0.4, -0.2) is 0 Å². The zero-order valence-electron chi connectivity index (χ0n) is 19.6. The average molecular weight is 383 g/mol. The van der Waals surface area contributed by atoms with E-state index >= 15 is 0 Å². The van der Waals surface area contributed by atoms with Gasteiger partial charge in [-0.15, -0.1) is 0 Å². The summed E-state index contributed by atoms with van der Waals surface area (Å²) in [6, 6.07) is 0. The van der Waals surface area contributed by atoms with Gasteiger partial charge in [-0.3, -0.25) is 0 Å². The molecule has 4 rings (SSSR count). The molecule has 158 valence electrons. The Labute approximate surface area is 175 Å². The molecule has 0 bridgehead atoms. The monoisotopic (exact) mass is 382 g/mol. The summed E-state index contributed by atoms with van der Waals surface area (Å²) in [6.45, 7) is 15.0. The third-order valence-electron chi connectivity index (χ3n) is 10.1. The molecule has 0 aromatic rings. The normalized spacial score (nSPS) is 46.8. The number of fused-ring (bicyclic) bond motifs is 5. The van der Waals surface area contributed by atoms with Crippen LogP contribution in [-0.2, 0) is 0 Å². The molecule has 0 amide bonds. The number of allylic oxidation sites excluding steroid dienone is 4. The van der Waals surface area contributed by atoms with Crippen LogP contribution in [0, 0.1) is 52.3 Å². The maximum atomic E-state index is 2.74. The van der Waals surface area contributed by atoms with Crippen molar-refractivity contribution in [1.29, 1.82) is 0 Å². The first-order valence-corrected chi connectivity index (χ1v) is 12.6. The Morgan fingerprint density at radius 2 is 1.82 bits per heavy atom. The van der Waals surface area contributed by atoms with Gasteiger partial charge in [-0.25, -0.2) is 0 Å². The Balaban J connectivity index is 1.53. The first-order valence-electron chi connectivity index (χ1n) is 12.6. The highest BCUT2D eigenvalue weighted by molar-refractivity contribution is 5.25. The lowest BCUT2D eigenvalue weighted by molar-refractivity contribution is -0.0486. The highest BCUT2D eigenvalue weighted by Crippen LogP contribution is 2.67. The minimum atomic E-state index is 0.539. The molecule has 0 spiro atoms. The van der Waals surface area contributed by atoms with Crippen molar-refractivity contribution >= 4 is 0 Å². The van der Waals surface area contributed by atoms with E-state index in [0.717, 1.165) is 41.4 Å². The van der Waals surface area contributed by atoms with Gasteiger partial charge < -0.3 is 0 Å². The van der Waals surface area contributed by atoms with Crippen LogP contribution >= 0.6 is 0 Å². The number of hydrogen-bond donors (Lipinski definition) is 0. The van der Waals surface area contributed by atoms with E-state index < -0.39 is 0 Å². The molecule has 3 fully saturated rings. The lowest BCUT2D eigenvalue weighted by Gasteiger charge is -2.58. The summed E-state index contributed by atoms with van der Waals surface area (Å²) in [6.07, 6.45) is 20.7. The van der Waals surface area contributed by atoms with Crippen LogP contribution in [0.15, 0.2) is 23.8 Å². The second kappa shape index (κ2) is 7.63. The summed E-state index contributed by atoms with van der Waals surface area (Å²) in [4.78, 5) is 0. The maximum absolute atomic E-state index is 2.74. The van der Waals surface area contributed by atoms with Crippen LogP contribution in [0.5, 0.6) is 0 Å².